The molecule has 7 nitrogen and oxygen atoms in total. The van der Waals surface area contributed by atoms with Crippen LogP contribution in [0.3, 0.4) is 0 Å². The predicted molar refractivity (Wildman–Crippen MR) is 80.0 cm³/mol. The summed E-state index contributed by atoms with van der Waals surface area (Å²) in [6, 6.07) is 3.52. The van der Waals surface area contributed by atoms with Crippen molar-refractivity contribution >= 4 is 17.5 Å². The van der Waals surface area contributed by atoms with Crippen LogP contribution in [0.2, 0.25) is 0 Å². The van der Waals surface area contributed by atoms with Gasteiger partial charge in [0.25, 0.3) is 11.5 Å². The lowest BCUT2D eigenvalue weighted by molar-refractivity contribution is -0.141. The highest BCUT2D eigenvalue weighted by Gasteiger charge is 2.21. The van der Waals surface area contributed by atoms with Gasteiger partial charge in [0, 0.05) is 26.0 Å². The summed E-state index contributed by atoms with van der Waals surface area (Å²) < 4.78 is 1.32. The Labute approximate surface area is 126 Å². The summed E-state index contributed by atoms with van der Waals surface area (Å²) in [6.07, 6.45) is 2.85. The molecule has 0 aromatic carbocycles. The van der Waals surface area contributed by atoms with Gasteiger partial charge < -0.3 is 10.0 Å². The third-order valence-corrected chi connectivity index (χ3v) is 3.40. The van der Waals surface area contributed by atoms with Crippen LogP contribution in [0.1, 0.15) is 22.8 Å². The lowest BCUT2D eigenvalue weighted by Crippen LogP contribution is -2.37. The number of carboxylic acid groups (broad SMARTS) is 1. The number of pyridine rings is 1. The molecule has 0 aliphatic heterocycles. The van der Waals surface area contributed by atoms with E-state index in [0.717, 1.165) is 5.56 Å². The fourth-order valence-electron chi connectivity index (χ4n) is 2.11. The standard InChI is InChI=1S/C15H17N3O4/c1-9-4-5-12-16-6-11(14(20)18(12)7-9)13(19)17(3)8-10(2)15(21)22/h4-7,10H,8H2,1-3H3,(H,21,22). The van der Waals surface area contributed by atoms with Gasteiger partial charge in [-0.15, -0.1) is 0 Å². The van der Waals surface area contributed by atoms with Crippen molar-refractivity contribution in [3.05, 3.63) is 46.0 Å². The molecular formula is C15H17N3O4. The average Bonchev–Trinajstić information content (AvgIpc) is 2.47. The number of nitrogens with zero attached hydrogens (tertiary/aromatic N) is 3. The molecule has 0 saturated carbocycles. The zero-order valence-corrected chi connectivity index (χ0v) is 12.6. The van der Waals surface area contributed by atoms with Crippen molar-refractivity contribution in [3.63, 3.8) is 0 Å². The van der Waals surface area contributed by atoms with Crippen LogP contribution in [0.15, 0.2) is 29.3 Å². The van der Waals surface area contributed by atoms with Crippen LogP contribution < -0.4 is 5.56 Å². The number of hydrogen-bond acceptors (Lipinski definition) is 4. The van der Waals surface area contributed by atoms with Gasteiger partial charge in [-0.25, -0.2) is 4.98 Å². The van der Waals surface area contributed by atoms with Crippen molar-refractivity contribution < 1.29 is 14.7 Å². The summed E-state index contributed by atoms with van der Waals surface area (Å²) in [7, 11) is 1.46. The van der Waals surface area contributed by atoms with Crippen LogP contribution in [0, 0.1) is 12.8 Å². The molecule has 1 N–H and O–H groups in total. The number of aryl methyl sites for hydroxylation is 1. The first-order valence-corrected chi connectivity index (χ1v) is 6.77. The van der Waals surface area contributed by atoms with E-state index in [-0.39, 0.29) is 12.1 Å². The number of carboxylic acids is 1. The monoisotopic (exact) mass is 303 g/mol. The zero-order valence-electron chi connectivity index (χ0n) is 12.6. The van der Waals surface area contributed by atoms with Gasteiger partial charge >= 0.3 is 5.97 Å². The maximum atomic E-state index is 12.4. The Morgan fingerprint density at radius 3 is 2.73 bits per heavy atom. The molecule has 0 radical (unpaired) electrons. The Kier molecular flexibility index (Phi) is 4.25. The van der Waals surface area contributed by atoms with Gasteiger partial charge in [-0.3, -0.25) is 18.8 Å². The zero-order chi connectivity index (χ0) is 16.4. The number of aromatic nitrogens is 2. The number of amides is 1. The summed E-state index contributed by atoms with van der Waals surface area (Å²) >= 11 is 0. The molecule has 2 rings (SSSR count). The number of rotatable bonds is 4. The number of aliphatic carboxylic acids is 1. The molecule has 0 bridgehead atoms. The summed E-state index contributed by atoms with van der Waals surface area (Å²) in [5.41, 5.74) is 0.777. The summed E-state index contributed by atoms with van der Waals surface area (Å²) in [4.78, 5) is 40.9. The first-order chi connectivity index (χ1) is 10.3. The Bertz CT molecular complexity index is 797. The minimum Gasteiger partial charge on any atom is -0.481 e. The Morgan fingerprint density at radius 1 is 1.41 bits per heavy atom. The highest BCUT2D eigenvalue weighted by molar-refractivity contribution is 5.93. The number of carbonyl (C=O) groups excluding carboxylic acids is 1. The highest BCUT2D eigenvalue weighted by atomic mass is 16.4. The molecule has 0 aliphatic rings. The molecule has 0 saturated heterocycles. The van der Waals surface area contributed by atoms with E-state index in [1.165, 1.54) is 29.5 Å². The van der Waals surface area contributed by atoms with Crippen LogP contribution >= 0.6 is 0 Å². The molecule has 2 aromatic heterocycles. The quantitative estimate of drug-likeness (QED) is 0.901. The van der Waals surface area contributed by atoms with Crippen molar-refractivity contribution in [2.45, 2.75) is 13.8 Å². The summed E-state index contributed by atoms with van der Waals surface area (Å²) in [6.45, 7) is 3.35. The number of hydrogen-bond donors (Lipinski definition) is 1. The van der Waals surface area contributed by atoms with E-state index in [9.17, 15) is 14.4 Å². The van der Waals surface area contributed by atoms with Gasteiger partial charge in [-0.05, 0) is 18.6 Å². The molecule has 0 fully saturated rings. The van der Waals surface area contributed by atoms with E-state index in [1.54, 1.807) is 12.3 Å². The van der Waals surface area contributed by atoms with E-state index in [2.05, 4.69) is 4.98 Å². The van der Waals surface area contributed by atoms with Gasteiger partial charge in [0.15, 0.2) is 0 Å². The molecule has 0 spiro atoms. The largest absolute Gasteiger partial charge is 0.481 e. The molecule has 116 valence electrons. The van der Waals surface area contributed by atoms with Crippen LogP contribution in [-0.2, 0) is 4.79 Å². The van der Waals surface area contributed by atoms with Gasteiger partial charge in [-0.1, -0.05) is 13.0 Å². The molecule has 0 aliphatic carbocycles. The van der Waals surface area contributed by atoms with E-state index in [0.29, 0.717) is 5.65 Å². The van der Waals surface area contributed by atoms with Crippen LogP contribution in [-0.4, -0.2) is 44.9 Å². The molecule has 1 unspecified atom stereocenters. The van der Waals surface area contributed by atoms with Crippen LogP contribution in [0.25, 0.3) is 5.65 Å². The third-order valence-electron chi connectivity index (χ3n) is 3.40. The van der Waals surface area contributed by atoms with E-state index in [1.807, 2.05) is 13.0 Å². The van der Waals surface area contributed by atoms with Crippen molar-refractivity contribution in [3.8, 4) is 0 Å². The van der Waals surface area contributed by atoms with E-state index >= 15 is 0 Å². The van der Waals surface area contributed by atoms with Crippen molar-refractivity contribution in [2.75, 3.05) is 13.6 Å². The SMILES string of the molecule is Cc1ccc2ncc(C(=O)N(C)CC(C)C(=O)O)c(=O)n2c1. The lowest BCUT2D eigenvalue weighted by Gasteiger charge is -2.19. The first kappa shape index (κ1) is 15.7. The lowest BCUT2D eigenvalue weighted by atomic mass is 10.1. The first-order valence-electron chi connectivity index (χ1n) is 6.77. The van der Waals surface area contributed by atoms with Gasteiger partial charge in [0.1, 0.15) is 11.2 Å². The summed E-state index contributed by atoms with van der Waals surface area (Å²) in [5.74, 6) is -2.25. The van der Waals surface area contributed by atoms with Gasteiger partial charge in [-0.2, -0.15) is 0 Å². The Morgan fingerprint density at radius 2 is 2.09 bits per heavy atom. The second-order valence-electron chi connectivity index (χ2n) is 5.34. The number of fused-ring (bicyclic) bond motifs is 1. The van der Waals surface area contributed by atoms with Crippen LogP contribution in [0.4, 0.5) is 0 Å². The second kappa shape index (κ2) is 5.97. The van der Waals surface area contributed by atoms with Crippen LogP contribution in [0.5, 0.6) is 0 Å². The van der Waals surface area contributed by atoms with Gasteiger partial charge in [0.2, 0.25) is 0 Å². The predicted octanol–water partition coefficient (Wildman–Crippen LogP) is 0.796. The normalized spacial score (nSPS) is 12.1. The fraction of sp³-hybridized carbons (Fsp3) is 0.333. The molecule has 22 heavy (non-hydrogen) atoms. The Balaban J connectivity index is 2.38. The molecule has 2 aromatic rings. The third kappa shape index (κ3) is 2.98. The fourth-order valence-corrected chi connectivity index (χ4v) is 2.11. The molecule has 2 heterocycles. The van der Waals surface area contributed by atoms with Gasteiger partial charge in [0.05, 0.1) is 5.92 Å². The average molecular weight is 303 g/mol. The topological polar surface area (TPSA) is 92.0 Å². The minimum atomic E-state index is -0.997. The smallest absolute Gasteiger partial charge is 0.308 e. The van der Waals surface area contributed by atoms with E-state index < -0.39 is 23.4 Å². The van der Waals surface area contributed by atoms with Crippen molar-refractivity contribution in [1.82, 2.24) is 14.3 Å². The molecule has 1 amide bonds. The molecule has 7 heteroatoms. The minimum absolute atomic E-state index is 0.0180. The summed E-state index contributed by atoms with van der Waals surface area (Å²) in [5, 5.41) is 8.89. The maximum Gasteiger partial charge on any atom is 0.308 e. The molecular weight excluding hydrogens is 286 g/mol. The van der Waals surface area contributed by atoms with Crippen molar-refractivity contribution in [2.24, 2.45) is 5.92 Å². The maximum absolute atomic E-state index is 12.4. The van der Waals surface area contributed by atoms with Crippen molar-refractivity contribution in [1.29, 1.82) is 0 Å². The highest BCUT2D eigenvalue weighted by Crippen LogP contribution is 2.05. The van der Waals surface area contributed by atoms with E-state index in [4.69, 9.17) is 5.11 Å². The number of carbonyl (C=O) groups is 2. The Hall–Kier alpha value is -2.70. The second-order valence-corrected chi connectivity index (χ2v) is 5.34. The molecule has 1 atom stereocenters.